The van der Waals surface area contributed by atoms with E-state index in [1.807, 2.05) is 17.9 Å². The van der Waals surface area contributed by atoms with Crippen molar-refractivity contribution in [2.45, 2.75) is 37.8 Å². The normalized spacial score (nSPS) is 24.5. The fourth-order valence-corrected chi connectivity index (χ4v) is 6.45. The first-order valence-corrected chi connectivity index (χ1v) is 12.5. The minimum absolute atomic E-state index is 0.00653. The van der Waals surface area contributed by atoms with Crippen molar-refractivity contribution >= 4 is 17.2 Å². The van der Waals surface area contributed by atoms with E-state index >= 15 is 0 Å². The molecule has 0 bridgehead atoms. The van der Waals surface area contributed by atoms with Gasteiger partial charge in [0.05, 0.1) is 30.4 Å². The Morgan fingerprint density at radius 2 is 2.18 bits per heavy atom. The second-order valence-corrected chi connectivity index (χ2v) is 10.1. The summed E-state index contributed by atoms with van der Waals surface area (Å²) in [6, 6.07) is 8.62. The van der Waals surface area contributed by atoms with Gasteiger partial charge >= 0.3 is 0 Å². The van der Waals surface area contributed by atoms with Gasteiger partial charge in [-0.15, -0.1) is 16.4 Å². The molecule has 0 radical (unpaired) electrons. The number of nitrogens with zero attached hydrogens (tertiary/aromatic N) is 7. The van der Waals surface area contributed by atoms with E-state index in [2.05, 4.69) is 44.0 Å². The second kappa shape index (κ2) is 8.58. The Kier molecular flexibility index (Phi) is 5.40. The number of thiophene rings is 1. The van der Waals surface area contributed by atoms with E-state index in [4.69, 9.17) is 4.74 Å². The van der Waals surface area contributed by atoms with Crippen LogP contribution in [0.4, 0.5) is 0 Å². The molecular formula is C24H25N7O2S. The summed E-state index contributed by atoms with van der Waals surface area (Å²) < 4.78 is 7.87. The minimum Gasteiger partial charge on any atom is -0.370 e. The van der Waals surface area contributed by atoms with E-state index in [0.29, 0.717) is 13.2 Å². The molecule has 3 aromatic rings. The molecule has 3 unspecified atom stereocenters. The molecule has 0 saturated carbocycles. The van der Waals surface area contributed by atoms with Crippen LogP contribution in [0.15, 0.2) is 29.9 Å². The Morgan fingerprint density at radius 3 is 2.97 bits per heavy atom. The molecule has 3 aliphatic rings. The highest BCUT2D eigenvalue weighted by molar-refractivity contribution is 7.10. The van der Waals surface area contributed by atoms with E-state index in [1.165, 1.54) is 16.9 Å². The molecule has 2 aromatic heterocycles. The summed E-state index contributed by atoms with van der Waals surface area (Å²) in [7, 11) is 0. The van der Waals surface area contributed by atoms with Crippen molar-refractivity contribution in [3.8, 4) is 11.8 Å². The Bertz CT molecular complexity index is 1260. The van der Waals surface area contributed by atoms with E-state index < -0.39 is 0 Å². The first-order chi connectivity index (χ1) is 16.6. The topological polar surface area (TPSA) is 100 Å². The lowest BCUT2D eigenvalue weighted by molar-refractivity contribution is -0.141. The summed E-state index contributed by atoms with van der Waals surface area (Å²) in [6.07, 6.45) is 3.31. The zero-order chi connectivity index (χ0) is 23.2. The van der Waals surface area contributed by atoms with Gasteiger partial charge in [-0.3, -0.25) is 9.69 Å². The van der Waals surface area contributed by atoms with Crippen LogP contribution < -0.4 is 0 Å². The fraction of sp³-hybridized carbons (Fsp3) is 0.458. The molecule has 2 saturated heterocycles. The van der Waals surface area contributed by atoms with Crippen LogP contribution in [0.25, 0.3) is 5.69 Å². The SMILES string of the molecule is Cc1c(C2CN3CCN(C(=O)C4CCc5cc(-n6cnnn6)ccc54)CC3CO2)csc1C#N. The highest BCUT2D eigenvalue weighted by Crippen LogP contribution is 2.37. The number of hydrogen-bond acceptors (Lipinski definition) is 8. The van der Waals surface area contributed by atoms with Crippen LogP contribution in [-0.2, 0) is 16.0 Å². The fourth-order valence-electron chi connectivity index (χ4n) is 5.53. The maximum Gasteiger partial charge on any atom is 0.230 e. The van der Waals surface area contributed by atoms with Crippen LogP contribution in [0.2, 0.25) is 0 Å². The van der Waals surface area contributed by atoms with Crippen LogP contribution in [0.5, 0.6) is 0 Å². The third-order valence-corrected chi connectivity index (χ3v) is 8.45. The highest BCUT2D eigenvalue weighted by atomic mass is 32.1. The zero-order valence-electron chi connectivity index (χ0n) is 18.9. The number of aromatic nitrogens is 4. The number of benzene rings is 1. The molecule has 9 nitrogen and oxygen atoms in total. The summed E-state index contributed by atoms with van der Waals surface area (Å²) in [5.41, 5.74) is 5.42. The number of hydrogen-bond donors (Lipinski definition) is 0. The molecule has 1 amide bonds. The van der Waals surface area contributed by atoms with Crippen molar-refractivity contribution in [1.29, 1.82) is 5.26 Å². The van der Waals surface area contributed by atoms with E-state index in [0.717, 1.165) is 59.7 Å². The van der Waals surface area contributed by atoms with Gasteiger partial charge in [0.15, 0.2) is 0 Å². The number of rotatable bonds is 3. The summed E-state index contributed by atoms with van der Waals surface area (Å²) in [4.78, 5) is 18.8. The smallest absolute Gasteiger partial charge is 0.230 e. The number of piperazine rings is 1. The quantitative estimate of drug-likeness (QED) is 0.573. The molecule has 2 aliphatic heterocycles. The molecule has 4 heterocycles. The predicted octanol–water partition coefficient (Wildman–Crippen LogP) is 2.22. The molecule has 174 valence electrons. The van der Waals surface area contributed by atoms with Crippen LogP contribution in [0, 0.1) is 18.3 Å². The number of fused-ring (bicyclic) bond motifs is 2. The monoisotopic (exact) mass is 475 g/mol. The maximum atomic E-state index is 13.5. The van der Waals surface area contributed by atoms with Crippen LogP contribution in [-0.4, -0.2) is 74.7 Å². The van der Waals surface area contributed by atoms with Gasteiger partial charge in [0.2, 0.25) is 5.91 Å². The number of aryl methyl sites for hydroxylation is 1. The molecule has 1 aromatic carbocycles. The molecular weight excluding hydrogens is 450 g/mol. The van der Waals surface area contributed by atoms with Crippen molar-refractivity contribution < 1.29 is 9.53 Å². The van der Waals surface area contributed by atoms with Gasteiger partial charge in [-0.2, -0.15) is 5.26 Å². The Morgan fingerprint density at radius 1 is 1.26 bits per heavy atom. The van der Waals surface area contributed by atoms with E-state index in [1.54, 1.807) is 11.0 Å². The molecule has 0 spiro atoms. The molecule has 0 N–H and O–H groups in total. The lowest BCUT2D eigenvalue weighted by Gasteiger charge is -2.46. The highest BCUT2D eigenvalue weighted by Gasteiger charge is 2.39. The van der Waals surface area contributed by atoms with Gasteiger partial charge in [-0.1, -0.05) is 6.07 Å². The first kappa shape index (κ1) is 21.4. The number of ether oxygens (including phenoxy) is 1. The van der Waals surface area contributed by atoms with Crippen molar-refractivity contribution in [1.82, 2.24) is 30.0 Å². The number of morpholine rings is 1. The predicted molar refractivity (Wildman–Crippen MR) is 125 cm³/mol. The van der Waals surface area contributed by atoms with Gasteiger partial charge in [-0.05, 0) is 70.0 Å². The van der Waals surface area contributed by atoms with Gasteiger partial charge in [0.1, 0.15) is 17.3 Å². The van der Waals surface area contributed by atoms with Crippen molar-refractivity contribution in [2.75, 3.05) is 32.8 Å². The van der Waals surface area contributed by atoms with Crippen LogP contribution >= 0.6 is 11.3 Å². The molecule has 2 fully saturated rings. The van der Waals surface area contributed by atoms with Crippen molar-refractivity contribution in [2.24, 2.45) is 0 Å². The van der Waals surface area contributed by atoms with Crippen molar-refractivity contribution in [3.63, 3.8) is 0 Å². The third-order valence-electron chi connectivity index (χ3n) is 7.45. The van der Waals surface area contributed by atoms with E-state index in [-0.39, 0.29) is 24.0 Å². The largest absolute Gasteiger partial charge is 0.370 e. The van der Waals surface area contributed by atoms with Gasteiger partial charge in [0, 0.05) is 26.2 Å². The van der Waals surface area contributed by atoms with Crippen molar-refractivity contribution in [3.05, 3.63) is 57.0 Å². The van der Waals surface area contributed by atoms with Gasteiger partial charge in [-0.25, -0.2) is 4.68 Å². The summed E-state index contributed by atoms with van der Waals surface area (Å²) >= 11 is 1.49. The van der Waals surface area contributed by atoms with E-state index in [9.17, 15) is 10.1 Å². The minimum atomic E-state index is -0.0837. The molecule has 1 aliphatic carbocycles. The lowest BCUT2D eigenvalue weighted by Crippen LogP contribution is -2.60. The lowest BCUT2D eigenvalue weighted by atomic mass is 9.97. The number of carbonyl (C=O) groups excluding carboxylic acids is 1. The van der Waals surface area contributed by atoms with Crippen LogP contribution in [0.1, 0.15) is 45.6 Å². The number of carbonyl (C=O) groups is 1. The molecule has 3 atom stereocenters. The molecule has 34 heavy (non-hydrogen) atoms. The first-order valence-electron chi connectivity index (χ1n) is 11.6. The molecule has 10 heteroatoms. The summed E-state index contributed by atoms with van der Waals surface area (Å²) in [5, 5.41) is 22.7. The Labute approximate surface area is 201 Å². The molecule has 6 rings (SSSR count). The Balaban J connectivity index is 1.12. The number of nitriles is 1. The zero-order valence-corrected chi connectivity index (χ0v) is 19.7. The van der Waals surface area contributed by atoms with Gasteiger partial charge in [0.25, 0.3) is 0 Å². The maximum absolute atomic E-state index is 13.5. The Hall–Kier alpha value is -3.13. The summed E-state index contributed by atoms with van der Waals surface area (Å²) in [6.45, 7) is 5.70. The van der Waals surface area contributed by atoms with Crippen LogP contribution in [0.3, 0.4) is 0 Å². The second-order valence-electron chi connectivity index (χ2n) is 9.24. The average molecular weight is 476 g/mol. The standard InChI is InChI=1S/C24H25N7O2S/c1-15-21(13-34-23(15)9-25)22-11-29-6-7-30(10-18(29)12-33-22)24(32)20-4-2-16-8-17(3-5-19(16)20)31-14-26-27-28-31/h3,5,8,13-14,18,20,22H,2,4,6-7,10-12H2,1H3. The third kappa shape index (κ3) is 3.60. The van der Waals surface area contributed by atoms with Gasteiger partial charge < -0.3 is 9.64 Å². The number of tetrazole rings is 1. The average Bonchev–Trinajstić information content (AvgIpc) is 3.62. The number of amides is 1. The summed E-state index contributed by atoms with van der Waals surface area (Å²) in [5.74, 6) is 0.141.